The van der Waals surface area contributed by atoms with Crippen LogP contribution in [0.5, 0.6) is 0 Å². The van der Waals surface area contributed by atoms with Gasteiger partial charge >= 0.3 is 0 Å². The Balaban J connectivity index is 1.94. The summed E-state index contributed by atoms with van der Waals surface area (Å²) in [5.41, 5.74) is 8.34. The number of benzene rings is 1. The molecule has 0 bridgehead atoms. The van der Waals surface area contributed by atoms with Crippen LogP contribution in [0.4, 0.5) is 5.69 Å². The van der Waals surface area contributed by atoms with Gasteiger partial charge < -0.3 is 9.72 Å². The summed E-state index contributed by atoms with van der Waals surface area (Å²) in [4.78, 5) is 4.69. The summed E-state index contributed by atoms with van der Waals surface area (Å²) in [6, 6.07) is 10.6. The van der Waals surface area contributed by atoms with Gasteiger partial charge in [-0.1, -0.05) is 24.3 Å². The summed E-state index contributed by atoms with van der Waals surface area (Å²) in [6.07, 6.45) is 2.08. The van der Waals surface area contributed by atoms with Crippen molar-refractivity contribution in [3.8, 4) is 0 Å². The van der Waals surface area contributed by atoms with Crippen molar-refractivity contribution in [3.63, 3.8) is 0 Å². The Morgan fingerprint density at radius 1 is 1.00 bits per heavy atom. The average Bonchev–Trinajstić information content (AvgIpc) is 2.75. The zero-order valence-electron chi connectivity index (χ0n) is 13.1. The van der Waals surface area contributed by atoms with E-state index < -0.39 is 0 Å². The monoisotopic (exact) mass is 279 g/mol. The predicted molar refractivity (Wildman–Crippen MR) is 87.9 cm³/mol. The maximum absolute atomic E-state index is 4.69. The van der Waals surface area contributed by atoms with E-state index >= 15 is 0 Å². The maximum atomic E-state index is 4.69. The molecule has 0 aliphatic heterocycles. The Morgan fingerprint density at radius 3 is 2.43 bits per heavy atom. The topological polar surface area (TPSA) is 29.3 Å². The highest BCUT2D eigenvalue weighted by molar-refractivity contribution is 5.59. The molecule has 1 aromatic carbocycles. The summed E-state index contributed by atoms with van der Waals surface area (Å²) in [5.74, 6) is 0. The number of para-hydroxylation sites is 1. The van der Waals surface area contributed by atoms with Gasteiger partial charge in [0.2, 0.25) is 0 Å². The van der Waals surface area contributed by atoms with Crippen molar-refractivity contribution < 1.29 is 0 Å². The van der Waals surface area contributed by atoms with Crippen molar-refractivity contribution in [3.05, 3.63) is 64.6 Å². The van der Waals surface area contributed by atoms with Gasteiger partial charge in [-0.15, -0.1) is 0 Å². The number of fused-ring (bicyclic) bond motifs is 1. The number of hydrogen-bond donors (Lipinski definition) is 1. The molecule has 0 saturated heterocycles. The molecule has 0 aliphatic carbocycles. The molecule has 3 nitrogen and oxygen atoms in total. The van der Waals surface area contributed by atoms with Crippen LogP contribution in [0, 0.1) is 27.7 Å². The summed E-state index contributed by atoms with van der Waals surface area (Å²) < 4.78 is 2.16. The molecule has 2 heterocycles. The fourth-order valence-corrected chi connectivity index (χ4v) is 2.77. The number of nitrogens with zero attached hydrogens (tertiary/aromatic N) is 2. The Labute approximate surface area is 125 Å². The number of hydrogen-bond acceptors (Lipinski definition) is 2. The molecule has 1 N–H and O–H groups in total. The zero-order chi connectivity index (χ0) is 15.0. The van der Waals surface area contributed by atoms with E-state index in [1.165, 1.54) is 28.1 Å². The van der Waals surface area contributed by atoms with Gasteiger partial charge in [0.1, 0.15) is 5.65 Å². The molecule has 2 aromatic heterocycles. The molecular formula is C18H21N3. The minimum Gasteiger partial charge on any atom is -0.380 e. The summed E-state index contributed by atoms with van der Waals surface area (Å²) in [6.45, 7) is 9.23. The lowest BCUT2D eigenvalue weighted by Crippen LogP contribution is -2.04. The van der Waals surface area contributed by atoms with E-state index in [4.69, 9.17) is 4.98 Å². The lowest BCUT2D eigenvalue weighted by molar-refractivity contribution is 1.05. The van der Waals surface area contributed by atoms with E-state index in [2.05, 4.69) is 73.9 Å². The van der Waals surface area contributed by atoms with Crippen LogP contribution in [0.3, 0.4) is 0 Å². The molecular weight excluding hydrogens is 258 g/mol. The van der Waals surface area contributed by atoms with E-state index in [1.807, 2.05) is 0 Å². The van der Waals surface area contributed by atoms with Crippen LogP contribution in [0.1, 0.15) is 28.1 Å². The Morgan fingerprint density at radius 2 is 1.71 bits per heavy atom. The number of aromatic nitrogens is 2. The van der Waals surface area contributed by atoms with Gasteiger partial charge in [0, 0.05) is 29.7 Å². The van der Waals surface area contributed by atoms with Gasteiger partial charge in [-0.3, -0.25) is 0 Å². The molecule has 108 valence electrons. The third-order valence-electron chi connectivity index (χ3n) is 4.14. The summed E-state index contributed by atoms with van der Waals surface area (Å²) >= 11 is 0. The van der Waals surface area contributed by atoms with Gasteiger partial charge in [0.25, 0.3) is 0 Å². The first kappa shape index (κ1) is 13.7. The number of imidazole rings is 1. The largest absolute Gasteiger partial charge is 0.380 e. The fraction of sp³-hybridized carbons (Fsp3) is 0.278. The number of anilines is 1. The van der Waals surface area contributed by atoms with E-state index in [0.29, 0.717) is 0 Å². The van der Waals surface area contributed by atoms with Gasteiger partial charge in [-0.05, 0) is 44.9 Å². The fourth-order valence-electron chi connectivity index (χ4n) is 2.77. The van der Waals surface area contributed by atoms with E-state index in [0.717, 1.165) is 17.9 Å². The normalized spacial score (nSPS) is 11.0. The predicted octanol–water partition coefficient (Wildman–Crippen LogP) is 4.18. The highest BCUT2D eigenvalue weighted by atomic mass is 15.0. The van der Waals surface area contributed by atoms with Crippen LogP contribution in [-0.4, -0.2) is 9.38 Å². The highest BCUT2D eigenvalue weighted by Gasteiger charge is 2.09. The van der Waals surface area contributed by atoms with Crippen LogP contribution < -0.4 is 5.32 Å². The van der Waals surface area contributed by atoms with Crippen LogP contribution in [0.2, 0.25) is 0 Å². The molecule has 0 aliphatic rings. The van der Waals surface area contributed by atoms with Crippen molar-refractivity contribution in [1.82, 2.24) is 9.38 Å². The molecule has 21 heavy (non-hydrogen) atoms. The van der Waals surface area contributed by atoms with Crippen LogP contribution in [-0.2, 0) is 6.54 Å². The smallest absolute Gasteiger partial charge is 0.142 e. The van der Waals surface area contributed by atoms with E-state index in [1.54, 1.807) is 0 Å². The minimum atomic E-state index is 0.784. The number of pyridine rings is 1. The second-order valence-corrected chi connectivity index (χ2v) is 5.63. The molecule has 0 fully saturated rings. The summed E-state index contributed by atoms with van der Waals surface area (Å²) in [5, 5.41) is 3.57. The molecule has 0 atom stereocenters. The third-order valence-corrected chi connectivity index (χ3v) is 4.14. The van der Waals surface area contributed by atoms with Crippen molar-refractivity contribution in [1.29, 1.82) is 0 Å². The first-order chi connectivity index (χ1) is 10.1. The molecule has 3 heteroatoms. The first-order valence-corrected chi connectivity index (χ1v) is 7.31. The summed E-state index contributed by atoms with van der Waals surface area (Å²) in [7, 11) is 0. The quantitative estimate of drug-likeness (QED) is 0.779. The molecule has 3 rings (SSSR count). The van der Waals surface area contributed by atoms with Crippen molar-refractivity contribution in [2.45, 2.75) is 34.2 Å². The maximum Gasteiger partial charge on any atom is 0.142 e. The molecule has 0 spiro atoms. The van der Waals surface area contributed by atoms with Crippen LogP contribution in [0.25, 0.3) is 5.65 Å². The molecule has 0 radical (unpaired) electrons. The average molecular weight is 279 g/mol. The van der Waals surface area contributed by atoms with E-state index in [9.17, 15) is 0 Å². The number of aryl methyl sites for hydroxylation is 4. The zero-order valence-corrected chi connectivity index (χ0v) is 13.1. The Kier molecular flexibility index (Phi) is 3.42. The second kappa shape index (κ2) is 5.24. The van der Waals surface area contributed by atoms with Crippen molar-refractivity contribution in [2.24, 2.45) is 0 Å². The lowest BCUT2D eigenvalue weighted by Gasteiger charge is -2.13. The highest BCUT2D eigenvalue weighted by Crippen LogP contribution is 2.21. The van der Waals surface area contributed by atoms with E-state index in [-0.39, 0.29) is 0 Å². The third kappa shape index (κ3) is 2.40. The van der Waals surface area contributed by atoms with Crippen molar-refractivity contribution in [2.75, 3.05) is 5.32 Å². The lowest BCUT2D eigenvalue weighted by atomic mass is 10.1. The number of rotatable bonds is 3. The van der Waals surface area contributed by atoms with Gasteiger partial charge in [-0.2, -0.15) is 0 Å². The Hall–Kier alpha value is -2.29. The van der Waals surface area contributed by atoms with Gasteiger partial charge in [0.05, 0.1) is 5.69 Å². The van der Waals surface area contributed by atoms with Gasteiger partial charge in [-0.25, -0.2) is 4.98 Å². The first-order valence-electron chi connectivity index (χ1n) is 7.31. The van der Waals surface area contributed by atoms with Crippen LogP contribution in [0.15, 0.2) is 36.5 Å². The van der Waals surface area contributed by atoms with Crippen molar-refractivity contribution >= 4 is 11.3 Å². The second-order valence-electron chi connectivity index (χ2n) is 5.63. The van der Waals surface area contributed by atoms with Gasteiger partial charge in [0.15, 0.2) is 0 Å². The minimum absolute atomic E-state index is 0.784. The molecule has 0 saturated carbocycles. The van der Waals surface area contributed by atoms with Crippen LogP contribution >= 0.6 is 0 Å². The molecule has 0 amide bonds. The molecule has 0 unspecified atom stereocenters. The number of nitrogens with one attached hydrogen (secondary N) is 1. The Bertz CT molecular complexity index is 779. The standard InChI is InChI=1S/C18H21N3/c1-12-7-5-8-13(2)17(12)19-11-16-9-6-10-21-15(4)14(3)20-18(16)21/h5-10,19H,11H2,1-4H3. The molecule has 3 aromatic rings. The SMILES string of the molecule is Cc1cccc(C)c1NCc1cccn2c(C)c(C)nc12.